The Morgan fingerprint density at radius 3 is 2.64 bits per heavy atom. The predicted octanol–water partition coefficient (Wildman–Crippen LogP) is 2.44. The lowest BCUT2D eigenvalue weighted by molar-refractivity contribution is -0.0537. The van der Waals surface area contributed by atoms with Crippen molar-refractivity contribution in [2.75, 3.05) is 19.8 Å². The van der Waals surface area contributed by atoms with Crippen molar-refractivity contribution in [3.8, 4) is 0 Å². The average molecular weight is 260 g/mol. The van der Waals surface area contributed by atoms with E-state index in [9.17, 15) is 0 Å². The molecule has 0 aromatic rings. The average Bonchev–Trinajstić information content (AvgIpc) is 2.17. The Balaban J connectivity index is 1.84. The van der Waals surface area contributed by atoms with Crippen LogP contribution < -0.4 is 5.32 Å². The molecule has 1 heterocycles. The van der Waals surface area contributed by atoms with Gasteiger partial charge >= 0.3 is 0 Å². The highest BCUT2D eigenvalue weighted by Crippen LogP contribution is 2.48. The van der Waals surface area contributed by atoms with Crippen LogP contribution in [0, 0.1) is 5.41 Å². The zero-order valence-corrected chi connectivity index (χ0v) is 10.1. The summed E-state index contributed by atoms with van der Waals surface area (Å²) in [4.78, 5) is 0. The standard InChI is InChI=1S/C11H18BrNO/c1-9(12)8-13-10-2-3-11(10)4-6-14-7-5-11/h10,13H,1-8H2. The highest BCUT2D eigenvalue weighted by molar-refractivity contribution is 9.11. The minimum absolute atomic E-state index is 0.556. The van der Waals surface area contributed by atoms with E-state index in [1.54, 1.807) is 0 Å². The Labute approximate surface area is 94.2 Å². The van der Waals surface area contributed by atoms with Gasteiger partial charge in [0.05, 0.1) is 0 Å². The number of halogens is 1. The van der Waals surface area contributed by atoms with Crippen LogP contribution in [0.15, 0.2) is 11.1 Å². The molecule has 1 aliphatic carbocycles. The number of rotatable bonds is 3. The van der Waals surface area contributed by atoms with E-state index >= 15 is 0 Å². The topological polar surface area (TPSA) is 21.3 Å². The first-order valence-electron chi connectivity index (χ1n) is 5.37. The molecule has 1 aliphatic heterocycles. The maximum atomic E-state index is 5.42. The van der Waals surface area contributed by atoms with E-state index in [2.05, 4.69) is 27.8 Å². The molecular weight excluding hydrogens is 242 g/mol. The molecule has 1 spiro atoms. The van der Waals surface area contributed by atoms with Crippen LogP contribution >= 0.6 is 15.9 Å². The van der Waals surface area contributed by atoms with Crippen LogP contribution in [-0.4, -0.2) is 25.8 Å². The van der Waals surface area contributed by atoms with Gasteiger partial charge in [0.1, 0.15) is 0 Å². The fraction of sp³-hybridized carbons (Fsp3) is 0.818. The molecule has 2 aliphatic rings. The molecule has 0 aromatic carbocycles. The van der Waals surface area contributed by atoms with E-state index in [4.69, 9.17) is 4.74 Å². The molecule has 2 fully saturated rings. The first-order valence-corrected chi connectivity index (χ1v) is 6.17. The lowest BCUT2D eigenvalue weighted by Gasteiger charge is -2.52. The van der Waals surface area contributed by atoms with Crippen LogP contribution in [0.1, 0.15) is 25.7 Å². The summed E-state index contributed by atoms with van der Waals surface area (Å²) in [6.07, 6.45) is 5.17. The van der Waals surface area contributed by atoms with Crippen LogP contribution in [0.4, 0.5) is 0 Å². The first kappa shape index (κ1) is 10.7. The summed E-state index contributed by atoms with van der Waals surface area (Å²) in [6.45, 7) is 6.65. The Hall–Kier alpha value is 0.140. The molecule has 3 heteroatoms. The fourth-order valence-electron chi connectivity index (χ4n) is 2.63. The Morgan fingerprint density at radius 2 is 2.14 bits per heavy atom. The van der Waals surface area contributed by atoms with E-state index in [0.29, 0.717) is 11.5 Å². The summed E-state index contributed by atoms with van der Waals surface area (Å²) >= 11 is 3.39. The Kier molecular flexibility index (Phi) is 3.30. The van der Waals surface area contributed by atoms with Crippen molar-refractivity contribution >= 4 is 15.9 Å². The molecule has 80 valence electrons. The van der Waals surface area contributed by atoms with Crippen molar-refractivity contribution in [2.45, 2.75) is 31.7 Å². The zero-order valence-electron chi connectivity index (χ0n) is 8.52. The quantitative estimate of drug-likeness (QED) is 0.841. The summed E-state index contributed by atoms with van der Waals surface area (Å²) in [7, 11) is 0. The molecule has 1 N–H and O–H groups in total. The van der Waals surface area contributed by atoms with Crippen LogP contribution in [0.5, 0.6) is 0 Å². The van der Waals surface area contributed by atoms with Gasteiger partial charge < -0.3 is 10.1 Å². The summed E-state index contributed by atoms with van der Waals surface area (Å²) in [5.41, 5.74) is 0.556. The molecule has 1 saturated carbocycles. The molecule has 0 radical (unpaired) electrons. The molecule has 1 unspecified atom stereocenters. The second-order valence-corrected chi connectivity index (χ2v) is 5.59. The second-order valence-electron chi connectivity index (χ2n) is 4.46. The van der Waals surface area contributed by atoms with Gasteiger partial charge in [-0.15, -0.1) is 0 Å². The third-order valence-electron chi connectivity index (χ3n) is 3.70. The van der Waals surface area contributed by atoms with Gasteiger partial charge in [0, 0.05) is 30.3 Å². The third-order valence-corrected chi connectivity index (χ3v) is 3.98. The molecule has 2 rings (SSSR count). The van der Waals surface area contributed by atoms with Crippen molar-refractivity contribution in [3.05, 3.63) is 11.1 Å². The zero-order chi connectivity index (χ0) is 10.0. The molecule has 2 nitrogen and oxygen atoms in total. The predicted molar refractivity (Wildman–Crippen MR) is 61.6 cm³/mol. The van der Waals surface area contributed by atoms with E-state index in [-0.39, 0.29) is 0 Å². The highest BCUT2D eigenvalue weighted by Gasteiger charge is 2.46. The Morgan fingerprint density at radius 1 is 1.43 bits per heavy atom. The van der Waals surface area contributed by atoms with E-state index in [1.807, 2.05) is 0 Å². The van der Waals surface area contributed by atoms with Gasteiger partial charge in [0.15, 0.2) is 0 Å². The van der Waals surface area contributed by atoms with Crippen molar-refractivity contribution in [2.24, 2.45) is 5.41 Å². The number of hydrogen-bond donors (Lipinski definition) is 1. The van der Waals surface area contributed by atoms with Crippen molar-refractivity contribution in [1.29, 1.82) is 0 Å². The molecule has 0 bridgehead atoms. The van der Waals surface area contributed by atoms with Crippen LogP contribution in [0.3, 0.4) is 0 Å². The maximum Gasteiger partial charge on any atom is 0.0471 e. The van der Waals surface area contributed by atoms with Crippen molar-refractivity contribution in [3.63, 3.8) is 0 Å². The lowest BCUT2D eigenvalue weighted by Crippen LogP contribution is -2.55. The first-order chi connectivity index (χ1) is 6.73. The Bertz CT molecular complexity index is 223. The van der Waals surface area contributed by atoms with Crippen LogP contribution in [0.25, 0.3) is 0 Å². The largest absolute Gasteiger partial charge is 0.381 e. The van der Waals surface area contributed by atoms with Crippen molar-refractivity contribution in [1.82, 2.24) is 5.32 Å². The normalized spacial score (nSPS) is 29.9. The number of hydrogen-bond acceptors (Lipinski definition) is 2. The summed E-state index contributed by atoms with van der Waals surface area (Å²) < 4.78 is 6.47. The van der Waals surface area contributed by atoms with Gasteiger partial charge in [-0.1, -0.05) is 22.5 Å². The van der Waals surface area contributed by atoms with Gasteiger partial charge in [-0.3, -0.25) is 0 Å². The minimum atomic E-state index is 0.556. The van der Waals surface area contributed by atoms with Gasteiger partial charge in [0.25, 0.3) is 0 Å². The number of nitrogens with one attached hydrogen (secondary N) is 1. The summed E-state index contributed by atoms with van der Waals surface area (Å²) in [5, 5.41) is 3.58. The van der Waals surface area contributed by atoms with E-state index in [1.165, 1.54) is 25.7 Å². The number of ether oxygens (including phenoxy) is 1. The molecule has 14 heavy (non-hydrogen) atoms. The second kappa shape index (κ2) is 4.33. The molecule has 1 atom stereocenters. The van der Waals surface area contributed by atoms with Gasteiger partial charge in [-0.2, -0.15) is 0 Å². The summed E-state index contributed by atoms with van der Waals surface area (Å²) in [6, 6.07) is 0.695. The van der Waals surface area contributed by atoms with Gasteiger partial charge in [-0.05, 0) is 31.1 Å². The molecule has 1 saturated heterocycles. The smallest absolute Gasteiger partial charge is 0.0471 e. The maximum absolute atomic E-state index is 5.42. The molecule has 0 aromatic heterocycles. The lowest BCUT2D eigenvalue weighted by atomic mass is 9.60. The molecule has 0 amide bonds. The van der Waals surface area contributed by atoms with E-state index < -0.39 is 0 Å². The van der Waals surface area contributed by atoms with E-state index in [0.717, 1.165) is 24.2 Å². The highest BCUT2D eigenvalue weighted by atomic mass is 79.9. The van der Waals surface area contributed by atoms with Crippen molar-refractivity contribution < 1.29 is 4.74 Å². The third kappa shape index (κ3) is 2.05. The summed E-state index contributed by atoms with van der Waals surface area (Å²) in [5.74, 6) is 0. The van der Waals surface area contributed by atoms with Crippen LogP contribution in [0.2, 0.25) is 0 Å². The monoisotopic (exact) mass is 259 g/mol. The molecular formula is C11H18BrNO. The van der Waals surface area contributed by atoms with Gasteiger partial charge in [0.2, 0.25) is 0 Å². The fourth-order valence-corrected chi connectivity index (χ4v) is 2.79. The van der Waals surface area contributed by atoms with Crippen LogP contribution in [-0.2, 0) is 4.74 Å². The minimum Gasteiger partial charge on any atom is -0.381 e. The van der Waals surface area contributed by atoms with Gasteiger partial charge in [-0.25, -0.2) is 0 Å². The SMILES string of the molecule is C=C(Br)CNC1CCC12CCOCC2.